The molecule has 3 N–H and O–H groups in total. The zero-order chi connectivity index (χ0) is 7.56. The number of carbonyl (C=O) groups is 1. The average molecular weight is 143 g/mol. The van der Waals surface area contributed by atoms with Crippen LogP contribution in [-0.2, 0) is 4.79 Å². The van der Waals surface area contributed by atoms with Gasteiger partial charge >= 0.3 is 0 Å². The smallest absolute Gasteiger partial charge is 0.274 e. The van der Waals surface area contributed by atoms with Crippen LogP contribution in [0.15, 0.2) is 10.3 Å². The maximum absolute atomic E-state index is 10.3. The molecule has 0 saturated carbocycles. The molecular weight excluding hydrogens is 134 g/mol. The van der Waals surface area contributed by atoms with Crippen molar-refractivity contribution in [1.29, 1.82) is 0 Å². The van der Waals surface area contributed by atoms with Crippen LogP contribution in [0, 0.1) is 0 Å². The largest absolute Gasteiger partial charge is 0.399 e. The first-order chi connectivity index (χ1) is 4.68. The van der Waals surface area contributed by atoms with Gasteiger partial charge in [0.05, 0.1) is 0 Å². The zero-order valence-electron chi connectivity index (χ0n) is 5.61. The topological polar surface area (TPSA) is 86.3 Å². The van der Waals surface area contributed by atoms with Crippen molar-refractivity contribution in [1.82, 2.24) is 0 Å². The number of primary amides is 1. The molecule has 2 atom stereocenters. The highest BCUT2D eigenvalue weighted by atomic mass is 16.1. The Kier molecular flexibility index (Phi) is 1.93. The van der Waals surface area contributed by atoms with Crippen LogP contribution in [-0.4, -0.2) is 18.6 Å². The number of nitrogens with zero attached hydrogens (tertiary/aromatic N) is 3. The summed E-state index contributed by atoms with van der Waals surface area (Å²) in [6, 6.07) is 0. The number of nitrogens with one attached hydrogen (secondary N) is 1. The SMILES string of the molecule is CC1N=N[NH+](CC(N)=O)[N-]1. The number of quaternary nitrogens is 1. The predicted octanol–water partition coefficient (Wildman–Crippen LogP) is -1.63. The maximum Gasteiger partial charge on any atom is 0.274 e. The molecular formula is C4H9N5O. The molecule has 1 amide bonds. The molecule has 10 heavy (non-hydrogen) atoms. The van der Waals surface area contributed by atoms with E-state index in [0.717, 1.165) is 0 Å². The normalized spacial score (nSPS) is 30.9. The maximum atomic E-state index is 10.3. The van der Waals surface area contributed by atoms with Crippen molar-refractivity contribution in [3.8, 4) is 0 Å². The van der Waals surface area contributed by atoms with Crippen LogP contribution in [0.25, 0.3) is 5.43 Å². The van der Waals surface area contributed by atoms with E-state index in [1.807, 2.05) is 0 Å². The Morgan fingerprint density at radius 2 is 2.60 bits per heavy atom. The molecule has 0 aliphatic carbocycles. The zero-order valence-corrected chi connectivity index (χ0v) is 5.61. The van der Waals surface area contributed by atoms with Gasteiger partial charge in [0.1, 0.15) is 0 Å². The monoisotopic (exact) mass is 143 g/mol. The Morgan fingerprint density at radius 1 is 1.90 bits per heavy atom. The van der Waals surface area contributed by atoms with Crippen molar-refractivity contribution in [2.75, 3.05) is 6.54 Å². The molecule has 0 spiro atoms. The summed E-state index contributed by atoms with van der Waals surface area (Å²) in [4.78, 5) is 10.3. The van der Waals surface area contributed by atoms with E-state index in [2.05, 4.69) is 15.8 Å². The van der Waals surface area contributed by atoms with Crippen LogP contribution < -0.4 is 10.9 Å². The van der Waals surface area contributed by atoms with Crippen molar-refractivity contribution < 1.29 is 9.91 Å². The molecule has 6 heteroatoms. The van der Waals surface area contributed by atoms with E-state index < -0.39 is 5.91 Å². The summed E-state index contributed by atoms with van der Waals surface area (Å²) in [6.07, 6.45) is -0.144. The molecule has 0 aromatic rings. The van der Waals surface area contributed by atoms with E-state index in [1.165, 1.54) is 0 Å². The Morgan fingerprint density at radius 3 is 3.00 bits per heavy atom. The van der Waals surface area contributed by atoms with E-state index in [0.29, 0.717) is 5.12 Å². The van der Waals surface area contributed by atoms with Gasteiger partial charge in [0.25, 0.3) is 5.91 Å². The second-order valence-electron chi connectivity index (χ2n) is 2.04. The fourth-order valence-electron chi connectivity index (χ4n) is 0.654. The molecule has 1 aliphatic heterocycles. The third kappa shape index (κ3) is 1.74. The lowest BCUT2D eigenvalue weighted by molar-refractivity contribution is -0.859. The van der Waals surface area contributed by atoms with Gasteiger partial charge in [-0.05, 0) is 0 Å². The number of nitrogens with two attached hydrogens (primary N) is 1. The molecule has 1 heterocycles. The van der Waals surface area contributed by atoms with E-state index in [9.17, 15) is 4.79 Å². The van der Waals surface area contributed by atoms with Gasteiger partial charge in [0, 0.05) is 11.4 Å². The van der Waals surface area contributed by atoms with Gasteiger partial charge in [-0.1, -0.05) is 6.92 Å². The van der Waals surface area contributed by atoms with E-state index >= 15 is 0 Å². The lowest BCUT2D eigenvalue weighted by atomic mass is 10.6. The van der Waals surface area contributed by atoms with Crippen molar-refractivity contribution in [3.05, 3.63) is 5.43 Å². The van der Waals surface area contributed by atoms with Crippen LogP contribution in [0.4, 0.5) is 0 Å². The summed E-state index contributed by atoms with van der Waals surface area (Å²) in [5.74, 6) is -0.424. The van der Waals surface area contributed by atoms with Gasteiger partial charge in [-0.15, -0.1) is 0 Å². The van der Waals surface area contributed by atoms with Gasteiger partial charge in [-0.2, -0.15) is 5.11 Å². The fourth-order valence-corrected chi connectivity index (χ4v) is 0.654. The third-order valence-corrected chi connectivity index (χ3v) is 1.01. The van der Waals surface area contributed by atoms with Gasteiger partial charge < -0.3 is 11.2 Å². The van der Waals surface area contributed by atoms with E-state index in [1.54, 1.807) is 6.92 Å². The van der Waals surface area contributed by atoms with Crippen molar-refractivity contribution >= 4 is 5.91 Å². The second-order valence-corrected chi connectivity index (χ2v) is 2.04. The second kappa shape index (κ2) is 2.72. The standard InChI is InChI=1S/C4H9N5O/c1-3-6-8-9(7-3)2-4(5)10/h3,9H,2H2,1H3,(H2,5,10). The number of hydrogen-bond donors (Lipinski definition) is 2. The molecule has 0 aromatic heterocycles. The minimum absolute atomic E-state index is 0.0911. The van der Waals surface area contributed by atoms with Gasteiger partial charge in [-0.3, -0.25) is 4.79 Å². The minimum Gasteiger partial charge on any atom is -0.399 e. The van der Waals surface area contributed by atoms with Crippen molar-refractivity contribution in [2.24, 2.45) is 16.1 Å². The van der Waals surface area contributed by atoms with Crippen LogP contribution in [0.5, 0.6) is 0 Å². The summed E-state index contributed by atoms with van der Waals surface area (Å²) in [7, 11) is 0. The first kappa shape index (κ1) is 7.10. The lowest BCUT2D eigenvalue weighted by Crippen LogP contribution is -3.03. The molecule has 0 aromatic carbocycles. The highest BCUT2D eigenvalue weighted by Gasteiger charge is 2.09. The van der Waals surface area contributed by atoms with Crippen molar-refractivity contribution in [2.45, 2.75) is 13.1 Å². The molecule has 0 radical (unpaired) electrons. The Labute approximate surface area is 58.0 Å². The highest BCUT2D eigenvalue weighted by molar-refractivity contribution is 5.74. The average Bonchev–Trinajstić information content (AvgIpc) is 2.13. The molecule has 1 aliphatic rings. The summed E-state index contributed by atoms with van der Waals surface area (Å²) < 4.78 is 0. The summed E-state index contributed by atoms with van der Waals surface area (Å²) in [5.41, 5.74) is 8.81. The molecule has 0 fully saturated rings. The van der Waals surface area contributed by atoms with Gasteiger partial charge in [0.2, 0.25) is 0 Å². The number of carbonyl (C=O) groups excluding carboxylic acids is 1. The predicted molar refractivity (Wildman–Crippen MR) is 32.7 cm³/mol. The number of amides is 1. The quantitative estimate of drug-likeness (QED) is 0.477. The molecule has 1 rings (SSSR count). The summed E-state index contributed by atoms with van der Waals surface area (Å²) >= 11 is 0. The minimum atomic E-state index is -0.424. The molecule has 0 saturated heterocycles. The van der Waals surface area contributed by atoms with Crippen molar-refractivity contribution in [3.63, 3.8) is 0 Å². The Balaban J connectivity index is 2.33. The highest BCUT2D eigenvalue weighted by Crippen LogP contribution is 1.97. The van der Waals surface area contributed by atoms with Gasteiger partial charge in [0.15, 0.2) is 6.54 Å². The number of rotatable bonds is 2. The molecule has 6 nitrogen and oxygen atoms in total. The van der Waals surface area contributed by atoms with E-state index in [4.69, 9.17) is 5.73 Å². The number of hydrogen-bond acceptors (Lipinski definition) is 3. The lowest BCUT2D eigenvalue weighted by Gasteiger charge is -2.16. The van der Waals surface area contributed by atoms with Crippen LogP contribution in [0.2, 0.25) is 0 Å². The summed E-state index contributed by atoms with van der Waals surface area (Å²) in [6.45, 7) is 1.88. The molecule has 2 unspecified atom stereocenters. The molecule has 0 bridgehead atoms. The third-order valence-electron chi connectivity index (χ3n) is 1.01. The van der Waals surface area contributed by atoms with Crippen LogP contribution in [0.3, 0.4) is 0 Å². The molecule has 56 valence electrons. The van der Waals surface area contributed by atoms with Crippen LogP contribution in [0.1, 0.15) is 6.92 Å². The van der Waals surface area contributed by atoms with Gasteiger partial charge in [-0.25, -0.2) is 5.12 Å². The summed E-state index contributed by atoms with van der Waals surface area (Å²) in [5, 5.41) is 7.75. The Hall–Kier alpha value is -1.01. The first-order valence-electron chi connectivity index (χ1n) is 2.94. The fraction of sp³-hybridized carbons (Fsp3) is 0.750. The first-order valence-corrected chi connectivity index (χ1v) is 2.94. The van der Waals surface area contributed by atoms with Crippen LogP contribution >= 0.6 is 0 Å². The Bertz CT molecular complexity index is 167. The van der Waals surface area contributed by atoms with E-state index in [-0.39, 0.29) is 12.7 Å².